The van der Waals surface area contributed by atoms with E-state index in [4.69, 9.17) is 0 Å². The fourth-order valence-electron chi connectivity index (χ4n) is 1.72. The molecular weight excluding hydrogens is 184 g/mol. The van der Waals surface area contributed by atoms with Gasteiger partial charge in [-0.1, -0.05) is 30.3 Å². The topological polar surface area (TPSA) is 28.7 Å². The van der Waals surface area contributed by atoms with E-state index in [1.807, 2.05) is 0 Å². The minimum atomic E-state index is 0.974. The molecule has 2 heteroatoms. The van der Waals surface area contributed by atoms with Gasteiger partial charge in [0.2, 0.25) is 0 Å². The molecule has 0 saturated heterocycles. The summed E-state index contributed by atoms with van der Waals surface area (Å²) in [6.45, 7) is 8.28. The molecule has 0 unspecified atom stereocenters. The van der Waals surface area contributed by atoms with E-state index in [0.29, 0.717) is 0 Å². The summed E-state index contributed by atoms with van der Waals surface area (Å²) in [4.78, 5) is 7.07. The molecule has 1 aromatic heterocycles. The van der Waals surface area contributed by atoms with E-state index >= 15 is 0 Å². The number of aromatic amines is 1. The van der Waals surface area contributed by atoms with Crippen LogP contribution in [-0.2, 0) is 0 Å². The van der Waals surface area contributed by atoms with Gasteiger partial charge in [0, 0.05) is 0 Å². The van der Waals surface area contributed by atoms with Gasteiger partial charge in [0.25, 0.3) is 0 Å². The molecule has 15 heavy (non-hydrogen) atoms. The number of aromatic nitrogens is 2. The standard InChI is InChI=1S/C13H14N2/c1-9-4-5-12(10(2)6-9)11(3)13-7-14-8-15-13/h4-8H,3H2,1-2H3,(H,14,15). The lowest BCUT2D eigenvalue weighted by Gasteiger charge is -2.08. The van der Waals surface area contributed by atoms with Gasteiger partial charge in [-0.05, 0) is 30.5 Å². The first-order valence-corrected chi connectivity index (χ1v) is 4.94. The monoisotopic (exact) mass is 198 g/mol. The van der Waals surface area contributed by atoms with Crippen LogP contribution >= 0.6 is 0 Å². The van der Waals surface area contributed by atoms with Crippen LogP contribution in [0.15, 0.2) is 37.3 Å². The van der Waals surface area contributed by atoms with Gasteiger partial charge >= 0.3 is 0 Å². The van der Waals surface area contributed by atoms with Gasteiger partial charge in [-0.25, -0.2) is 4.98 Å². The van der Waals surface area contributed by atoms with Crippen molar-refractivity contribution in [3.05, 3.63) is 59.7 Å². The average molecular weight is 198 g/mol. The molecule has 0 fully saturated rings. The van der Waals surface area contributed by atoms with Crippen molar-refractivity contribution in [2.45, 2.75) is 13.8 Å². The molecule has 0 aliphatic rings. The van der Waals surface area contributed by atoms with Gasteiger partial charge in [-0.3, -0.25) is 0 Å². The van der Waals surface area contributed by atoms with Crippen LogP contribution in [-0.4, -0.2) is 9.97 Å². The van der Waals surface area contributed by atoms with E-state index in [0.717, 1.165) is 11.3 Å². The third-order valence-electron chi connectivity index (χ3n) is 2.53. The Morgan fingerprint density at radius 1 is 1.33 bits per heavy atom. The quantitative estimate of drug-likeness (QED) is 0.789. The van der Waals surface area contributed by atoms with E-state index in [1.165, 1.54) is 16.7 Å². The molecule has 0 bridgehead atoms. The van der Waals surface area contributed by atoms with E-state index in [1.54, 1.807) is 12.5 Å². The summed E-state index contributed by atoms with van der Waals surface area (Å²) in [5.74, 6) is 0. The number of benzene rings is 1. The van der Waals surface area contributed by atoms with Crippen molar-refractivity contribution >= 4 is 5.57 Å². The number of H-pyrrole nitrogens is 1. The van der Waals surface area contributed by atoms with Crippen LogP contribution in [0.4, 0.5) is 0 Å². The number of hydrogen-bond donors (Lipinski definition) is 1. The molecule has 0 radical (unpaired) electrons. The second kappa shape index (κ2) is 3.73. The fraction of sp³-hybridized carbons (Fsp3) is 0.154. The highest BCUT2D eigenvalue weighted by Crippen LogP contribution is 2.23. The minimum absolute atomic E-state index is 0.974. The number of hydrogen-bond acceptors (Lipinski definition) is 1. The van der Waals surface area contributed by atoms with Gasteiger partial charge in [-0.15, -0.1) is 0 Å². The predicted octanol–water partition coefficient (Wildman–Crippen LogP) is 3.09. The predicted molar refractivity (Wildman–Crippen MR) is 62.6 cm³/mol. The zero-order chi connectivity index (χ0) is 10.8. The van der Waals surface area contributed by atoms with Crippen molar-refractivity contribution in [3.63, 3.8) is 0 Å². The summed E-state index contributed by atoms with van der Waals surface area (Å²) in [5, 5.41) is 0. The fourth-order valence-corrected chi connectivity index (χ4v) is 1.72. The molecule has 1 N–H and O–H groups in total. The van der Waals surface area contributed by atoms with Gasteiger partial charge < -0.3 is 4.98 Å². The van der Waals surface area contributed by atoms with Crippen molar-refractivity contribution in [1.29, 1.82) is 0 Å². The molecule has 0 aliphatic carbocycles. The van der Waals surface area contributed by atoms with Crippen molar-refractivity contribution in [3.8, 4) is 0 Å². The SMILES string of the molecule is C=C(c1cnc[nH]1)c1ccc(C)cc1C. The highest BCUT2D eigenvalue weighted by Gasteiger charge is 2.06. The first-order chi connectivity index (χ1) is 7.18. The van der Waals surface area contributed by atoms with Crippen molar-refractivity contribution in [2.24, 2.45) is 0 Å². The van der Waals surface area contributed by atoms with Crippen LogP contribution in [0.1, 0.15) is 22.4 Å². The molecule has 76 valence electrons. The van der Waals surface area contributed by atoms with Gasteiger partial charge in [0.1, 0.15) is 0 Å². The second-order valence-corrected chi connectivity index (χ2v) is 3.76. The Bertz CT molecular complexity index is 481. The van der Waals surface area contributed by atoms with E-state index in [2.05, 4.69) is 48.6 Å². The molecule has 0 aliphatic heterocycles. The Balaban J connectivity index is 2.42. The Hall–Kier alpha value is -1.83. The largest absolute Gasteiger partial charge is 0.345 e. The second-order valence-electron chi connectivity index (χ2n) is 3.76. The molecule has 1 heterocycles. The van der Waals surface area contributed by atoms with Crippen LogP contribution in [0, 0.1) is 13.8 Å². The van der Waals surface area contributed by atoms with Crippen molar-refractivity contribution in [2.75, 3.05) is 0 Å². The van der Waals surface area contributed by atoms with Crippen LogP contribution in [0.5, 0.6) is 0 Å². The van der Waals surface area contributed by atoms with E-state index in [9.17, 15) is 0 Å². The average Bonchev–Trinajstić information content (AvgIpc) is 2.69. The zero-order valence-electron chi connectivity index (χ0n) is 9.04. The van der Waals surface area contributed by atoms with Crippen LogP contribution < -0.4 is 0 Å². The lowest BCUT2D eigenvalue weighted by molar-refractivity contribution is 1.29. The lowest BCUT2D eigenvalue weighted by atomic mass is 9.98. The number of imidazole rings is 1. The summed E-state index contributed by atoms with van der Waals surface area (Å²) in [5.41, 5.74) is 5.65. The van der Waals surface area contributed by atoms with Crippen molar-refractivity contribution < 1.29 is 0 Å². The summed E-state index contributed by atoms with van der Waals surface area (Å²) < 4.78 is 0. The summed E-state index contributed by atoms with van der Waals surface area (Å²) in [6.07, 6.45) is 3.46. The molecule has 2 rings (SSSR count). The highest BCUT2D eigenvalue weighted by atomic mass is 14.9. The lowest BCUT2D eigenvalue weighted by Crippen LogP contribution is -1.90. The first kappa shape index (κ1) is 9.71. The Morgan fingerprint density at radius 3 is 2.73 bits per heavy atom. The molecule has 1 aromatic carbocycles. The molecule has 2 nitrogen and oxygen atoms in total. The first-order valence-electron chi connectivity index (χ1n) is 4.94. The maximum Gasteiger partial charge on any atom is 0.0924 e. The van der Waals surface area contributed by atoms with Crippen LogP contribution in [0.3, 0.4) is 0 Å². The van der Waals surface area contributed by atoms with E-state index < -0.39 is 0 Å². The normalized spacial score (nSPS) is 10.3. The molecule has 0 saturated carbocycles. The Kier molecular flexibility index (Phi) is 2.42. The smallest absolute Gasteiger partial charge is 0.0924 e. The van der Waals surface area contributed by atoms with Gasteiger partial charge in [0.05, 0.1) is 18.2 Å². The number of nitrogens with one attached hydrogen (secondary N) is 1. The number of nitrogens with zero attached hydrogens (tertiary/aromatic N) is 1. The molecular formula is C13H14N2. The zero-order valence-corrected chi connectivity index (χ0v) is 9.04. The summed E-state index contributed by atoms with van der Waals surface area (Å²) in [7, 11) is 0. The Labute approximate surface area is 89.7 Å². The van der Waals surface area contributed by atoms with Crippen LogP contribution in [0.25, 0.3) is 5.57 Å². The minimum Gasteiger partial charge on any atom is -0.345 e. The third-order valence-corrected chi connectivity index (χ3v) is 2.53. The van der Waals surface area contributed by atoms with Crippen molar-refractivity contribution in [1.82, 2.24) is 9.97 Å². The van der Waals surface area contributed by atoms with Gasteiger partial charge in [0.15, 0.2) is 0 Å². The maximum absolute atomic E-state index is 4.09. The molecule has 0 amide bonds. The molecule has 0 atom stereocenters. The van der Waals surface area contributed by atoms with E-state index in [-0.39, 0.29) is 0 Å². The molecule has 2 aromatic rings. The Morgan fingerprint density at radius 2 is 2.13 bits per heavy atom. The summed E-state index contributed by atoms with van der Waals surface area (Å²) in [6, 6.07) is 6.37. The number of rotatable bonds is 2. The van der Waals surface area contributed by atoms with Crippen LogP contribution in [0.2, 0.25) is 0 Å². The number of aryl methyl sites for hydroxylation is 2. The summed E-state index contributed by atoms with van der Waals surface area (Å²) >= 11 is 0. The molecule has 0 spiro atoms. The van der Waals surface area contributed by atoms with Gasteiger partial charge in [-0.2, -0.15) is 0 Å². The highest BCUT2D eigenvalue weighted by molar-refractivity contribution is 5.77. The third kappa shape index (κ3) is 1.84. The maximum atomic E-state index is 4.09.